The van der Waals surface area contributed by atoms with E-state index in [1.54, 1.807) is 72.8 Å². The van der Waals surface area contributed by atoms with Gasteiger partial charge in [0.25, 0.3) is 11.8 Å². The molecule has 0 atom stereocenters. The Morgan fingerprint density at radius 3 is 2.24 bits per heavy atom. The van der Waals surface area contributed by atoms with Crippen LogP contribution in [0.15, 0.2) is 107 Å². The first kappa shape index (κ1) is 26.4. The summed E-state index contributed by atoms with van der Waals surface area (Å²) >= 11 is 0. The van der Waals surface area contributed by atoms with Crippen LogP contribution in [0.1, 0.15) is 15.9 Å². The molecular formula is C26H23N5O6S. The fourth-order valence-corrected chi connectivity index (χ4v) is 3.98. The summed E-state index contributed by atoms with van der Waals surface area (Å²) in [5.41, 5.74) is 3.68. The summed E-state index contributed by atoms with van der Waals surface area (Å²) in [7, 11) is -3.81. The van der Waals surface area contributed by atoms with Crippen LogP contribution in [0.2, 0.25) is 0 Å². The average molecular weight is 534 g/mol. The lowest BCUT2D eigenvalue weighted by Gasteiger charge is -2.15. The maximum atomic E-state index is 13.1. The lowest BCUT2D eigenvalue weighted by molar-refractivity contribution is -0.140. The zero-order chi connectivity index (χ0) is 27.1. The van der Waals surface area contributed by atoms with E-state index >= 15 is 0 Å². The van der Waals surface area contributed by atoms with Crippen LogP contribution in [0.25, 0.3) is 0 Å². The van der Waals surface area contributed by atoms with Crippen LogP contribution in [0.4, 0.5) is 5.69 Å². The Morgan fingerprint density at radius 1 is 0.974 bits per heavy atom. The highest BCUT2D eigenvalue weighted by atomic mass is 32.2. The molecule has 3 aromatic carbocycles. The van der Waals surface area contributed by atoms with Gasteiger partial charge in [-0.3, -0.25) is 9.59 Å². The van der Waals surface area contributed by atoms with Crippen LogP contribution in [0, 0.1) is 0 Å². The molecule has 4 N–H and O–H groups in total. The van der Waals surface area contributed by atoms with E-state index in [4.69, 9.17) is 9.98 Å². The standard InChI is InChI=1S/C26H23N5O6S/c27-38(35,36)21-13-11-18(12-14-21)15-16-28-25(33)22(29-24(32)19-7-3-1-4-8-19)17-23-26(34)37-30-31(23)20-9-5-2-6-10-20/h1-14,17,30H,15-16H2,(H,28,33)(H2,27,35,36)/b23-17+,29-22?. The van der Waals surface area contributed by atoms with Crippen molar-refractivity contribution in [3.8, 4) is 0 Å². The minimum Gasteiger partial charge on any atom is -0.350 e. The van der Waals surface area contributed by atoms with Gasteiger partial charge in [0.2, 0.25) is 10.0 Å². The Hall–Kier alpha value is -4.65. The molecule has 4 rings (SSSR count). The van der Waals surface area contributed by atoms with Crippen molar-refractivity contribution < 1.29 is 27.6 Å². The van der Waals surface area contributed by atoms with Crippen molar-refractivity contribution in [2.24, 2.45) is 10.1 Å². The van der Waals surface area contributed by atoms with Crippen molar-refractivity contribution in [2.45, 2.75) is 11.3 Å². The molecule has 0 bridgehead atoms. The third-order valence-electron chi connectivity index (χ3n) is 5.39. The van der Waals surface area contributed by atoms with E-state index in [-0.39, 0.29) is 28.4 Å². The highest BCUT2D eigenvalue weighted by Crippen LogP contribution is 2.21. The SMILES string of the molecule is NS(=O)(=O)c1ccc(CCNC(=O)C(/C=C2\C(=O)ONN2c2ccccc2)=NC(=O)c2ccccc2)cc1. The van der Waals surface area contributed by atoms with E-state index in [9.17, 15) is 22.8 Å². The smallest absolute Gasteiger partial charge is 0.350 e. The molecule has 0 aromatic heterocycles. The van der Waals surface area contributed by atoms with E-state index in [0.29, 0.717) is 12.1 Å². The van der Waals surface area contributed by atoms with E-state index < -0.39 is 27.8 Å². The molecule has 2 amide bonds. The van der Waals surface area contributed by atoms with Crippen LogP contribution in [-0.2, 0) is 30.9 Å². The molecule has 0 unspecified atom stereocenters. The Labute approximate surface area is 218 Å². The number of hydrazine groups is 1. The van der Waals surface area contributed by atoms with Crippen molar-refractivity contribution in [2.75, 3.05) is 11.6 Å². The molecule has 1 aliphatic heterocycles. The minimum atomic E-state index is -3.81. The number of para-hydroxylation sites is 1. The number of carbonyl (C=O) groups excluding carboxylic acids is 3. The largest absolute Gasteiger partial charge is 0.376 e. The molecule has 0 saturated carbocycles. The fraction of sp³-hybridized carbons (Fsp3) is 0.0769. The molecular weight excluding hydrogens is 510 g/mol. The Bertz CT molecular complexity index is 1500. The summed E-state index contributed by atoms with van der Waals surface area (Å²) < 4.78 is 22.9. The number of amides is 2. The predicted molar refractivity (Wildman–Crippen MR) is 139 cm³/mol. The van der Waals surface area contributed by atoms with Gasteiger partial charge in [-0.05, 0) is 48.4 Å². The summed E-state index contributed by atoms with van der Waals surface area (Å²) in [5.74, 6) is -2.14. The highest BCUT2D eigenvalue weighted by Gasteiger charge is 2.30. The van der Waals surface area contributed by atoms with Crippen molar-refractivity contribution >= 4 is 39.2 Å². The second-order valence-electron chi connectivity index (χ2n) is 8.04. The summed E-state index contributed by atoms with van der Waals surface area (Å²) in [6, 6.07) is 22.8. The van der Waals surface area contributed by atoms with Crippen molar-refractivity contribution in [1.29, 1.82) is 0 Å². The minimum absolute atomic E-state index is 0.0224. The monoisotopic (exact) mass is 533 g/mol. The average Bonchev–Trinajstić information content (AvgIpc) is 3.28. The maximum Gasteiger partial charge on any atom is 0.376 e. The van der Waals surface area contributed by atoms with E-state index in [0.717, 1.165) is 5.56 Å². The third-order valence-corrected chi connectivity index (χ3v) is 6.32. The number of nitrogens with one attached hydrogen (secondary N) is 2. The predicted octanol–water partition coefficient (Wildman–Crippen LogP) is 1.64. The maximum absolute atomic E-state index is 13.1. The van der Waals surface area contributed by atoms with E-state index in [1.165, 1.54) is 23.2 Å². The molecule has 12 heteroatoms. The van der Waals surface area contributed by atoms with Crippen LogP contribution in [-0.4, -0.2) is 38.5 Å². The normalized spacial score (nSPS) is 14.9. The first-order valence-corrected chi connectivity index (χ1v) is 12.9. The number of anilines is 1. The van der Waals surface area contributed by atoms with Crippen molar-refractivity contribution in [1.82, 2.24) is 10.9 Å². The van der Waals surface area contributed by atoms with Gasteiger partial charge in [-0.15, -0.1) is 0 Å². The molecule has 1 fully saturated rings. The number of sulfonamides is 1. The Kier molecular flexibility index (Phi) is 8.06. The number of benzene rings is 3. The number of carbonyl (C=O) groups is 3. The number of aliphatic imine (C=N–C) groups is 1. The fourth-order valence-electron chi connectivity index (χ4n) is 3.46. The zero-order valence-corrected chi connectivity index (χ0v) is 20.7. The number of nitrogens with two attached hydrogens (primary N) is 1. The third kappa shape index (κ3) is 6.56. The van der Waals surface area contributed by atoms with Crippen LogP contribution < -0.4 is 21.1 Å². The molecule has 1 heterocycles. The molecule has 1 saturated heterocycles. The number of hydrogen-bond donors (Lipinski definition) is 3. The van der Waals surface area contributed by atoms with Gasteiger partial charge in [0.15, 0.2) is 5.70 Å². The zero-order valence-electron chi connectivity index (χ0n) is 19.9. The van der Waals surface area contributed by atoms with E-state index in [2.05, 4.69) is 15.9 Å². The number of nitrogens with zero attached hydrogens (tertiary/aromatic N) is 2. The molecule has 38 heavy (non-hydrogen) atoms. The lowest BCUT2D eigenvalue weighted by Crippen LogP contribution is -2.34. The molecule has 11 nitrogen and oxygen atoms in total. The van der Waals surface area contributed by atoms with E-state index in [1.807, 2.05) is 0 Å². The summed E-state index contributed by atoms with van der Waals surface area (Å²) in [6.07, 6.45) is 1.53. The first-order valence-electron chi connectivity index (χ1n) is 11.3. The summed E-state index contributed by atoms with van der Waals surface area (Å²) in [6.45, 7) is 0.139. The quantitative estimate of drug-likeness (QED) is 0.291. The molecule has 194 valence electrons. The number of primary sulfonamides is 1. The van der Waals surface area contributed by atoms with Gasteiger partial charge in [-0.25, -0.2) is 28.4 Å². The van der Waals surface area contributed by atoms with Gasteiger partial charge in [0, 0.05) is 18.2 Å². The Balaban J connectivity index is 1.57. The lowest BCUT2D eigenvalue weighted by atomic mass is 10.1. The highest BCUT2D eigenvalue weighted by molar-refractivity contribution is 7.89. The molecule has 0 aliphatic carbocycles. The molecule has 0 radical (unpaired) electrons. The van der Waals surface area contributed by atoms with Crippen LogP contribution in [0.5, 0.6) is 0 Å². The van der Waals surface area contributed by atoms with Crippen molar-refractivity contribution in [3.05, 3.63) is 108 Å². The number of rotatable bonds is 8. The molecule has 0 spiro atoms. The van der Waals surface area contributed by atoms with Gasteiger partial charge in [-0.1, -0.05) is 54.1 Å². The molecule has 3 aromatic rings. The summed E-state index contributed by atoms with van der Waals surface area (Å²) in [4.78, 5) is 47.2. The van der Waals surface area contributed by atoms with Crippen LogP contribution in [0.3, 0.4) is 0 Å². The van der Waals surface area contributed by atoms with Gasteiger partial charge >= 0.3 is 5.97 Å². The van der Waals surface area contributed by atoms with Gasteiger partial charge in [-0.2, -0.15) is 0 Å². The second-order valence-corrected chi connectivity index (χ2v) is 9.61. The van der Waals surface area contributed by atoms with Crippen LogP contribution >= 0.6 is 0 Å². The van der Waals surface area contributed by atoms with Gasteiger partial charge in [0.1, 0.15) is 5.71 Å². The Morgan fingerprint density at radius 2 is 1.61 bits per heavy atom. The second kappa shape index (κ2) is 11.6. The number of hydrogen-bond acceptors (Lipinski definition) is 8. The first-order chi connectivity index (χ1) is 18.2. The van der Waals surface area contributed by atoms with Gasteiger partial charge in [0.05, 0.1) is 10.6 Å². The van der Waals surface area contributed by atoms with Gasteiger partial charge < -0.3 is 10.2 Å². The molecule has 1 aliphatic rings. The van der Waals surface area contributed by atoms with Crippen molar-refractivity contribution in [3.63, 3.8) is 0 Å². The topological polar surface area (TPSA) is 160 Å². The summed E-state index contributed by atoms with van der Waals surface area (Å²) in [5, 5.41) is 9.11.